The first kappa shape index (κ1) is 26.9. The molecule has 1 unspecified atom stereocenters. The lowest BCUT2D eigenvalue weighted by atomic mass is 10.1. The molecule has 0 spiro atoms. The second-order valence-corrected chi connectivity index (χ2v) is 12.2. The van der Waals surface area contributed by atoms with Crippen LogP contribution in [0.15, 0.2) is 62.9 Å². The van der Waals surface area contributed by atoms with Gasteiger partial charge < -0.3 is 18.4 Å². The number of thiazole rings is 1. The van der Waals surface area contributed by atoms with Gasteiger partial charge in [-0.2, -0.15) is 0 Å². The number of furan rings is 1. The number of ether oxygens (including phenoxy) is 2. The number of rotatable bonds is 9. The first-order chi connectivity index (χ1) is 17.7. The molecule has 2 heterocycles. The average molecular weight is 539 g/mol. The summed E-state index contributed by atoms with van der Waals surface area (Å²) in [6, 6.07) is 13.4. The fourth-order valence-corrected chi connectivity index (χ4v) is 5.04. The first-order valence-corrected chi connectivity index (χ1v) is 13.9. The maximum Gasteiger partial charge on any atom is 0.310 e. The molecule has 0 aliphatic rings. The number of carbonyl (C=O) groups excluding carboxylic acids is 1. The molecule has 0 radical (unpaired) electrons. The summed E-state index contributed by atoms with van der Waals surface area (Å²) >= 11 is 0.0906. The van der Waals surface area contributed by atoms with Crippen LogP contribution < -0.4 is 4.74 Å². The second-order valence-electron chi connectivity index (χ2n) is 9.44. The Morgan fingerprint density at radius 1 is 1.22 bits per heavy atom. The van der Waals surface area contributed by atoms with Gasteiger partial charge in [-0.15, -0.1) is 11.3 Å². The summed E-state index contributed by atoms with van der Waals surface area (Å²) in [5, 5.41) is 3.59. The van der Waals surface area contributed by atoms with Gasteiger partial charge in [-0.1, -0.05) is 22.6 Å². The second kappa shape index (κ2) is 11.5. The Morgan fingerprint density at radius 2 is 2.00 bits per heavy atom. The van der Waals surface area contributed by atoms with E-state index in [1.54, 1.807) is 13.2 Å². The molecule has 0 saturated carbocycles. The van der Waals surface area contributed by atoms with Gasteiger partial charge in [-0.25, -0.2) is 4.98 Å². The van der Waals surface area contributed by atoms with Gasteiger partial charge >= 0.3 is 5.97 Å². The van der Waals surface area contributed by atoms with Crippen LogP contribution in [0.1, 0.15) is 50.8 Å². The van der Waals surface area contributed by atoms with Crippen LogP contribution >= 0.6 is 11.3 Å². The summed E-state index contributed by atoms with van der Waals surface area (Å²) in [5.41, 5.74) is 4.67. The molecule has 4 aromatic rings. The number of benzene rings is 2. The van der Waals surface area contributed by atoms with Crippen LogP contribution in [0.5, 0.6) is 5.75 Å². The van der Waals surface area contributed by atoms with Crippen LogP contribution in [-0.2, 0) is 33.9 Å². The Balaban J connectivity index is 1.59. The Labute approximate surface area is 223 Å². The highest BCUT2D eigenvalue weighted by Crippen LogP contribution is 2.33. The Morgan fingerprint density at radius 3 is 2.76 bits per heavy atom. The molecule has 0 N–H and O–H groups in total. The van der Waals surface area contributed by atoms with Crippen molar-refractivity contribution < 1.29 is 23.2 Å². The Hall–Kier alpha value is -3.14. The molecule has 0 aliphatic heterocycles. The largest absolute Gasteiger partial charge is 0.591 e. The minimum absolute atomic E-state index is 0.151. The van der Waals surface area contributed by atoms with Crippen molar-refractivity contribution in [2.45, 2.75) is 52.4 Å². The van der Waals surface area contributed by atoms with E-state index in [0.29, 0.717) is 29.7 Å². The first-order valence-electron chi connectivity index (χ1n) is 12.0. The SMILES string of the molecule is CCOC(=O)Cc1ccccc1OCc1cc(-c2csc(C(C)=N[S+]([O-])C(C)(C)C)n2)c2occc2c1. The van der Waals surface area contributed by atoms with E-state index in [1.165, 1.54) is 11.3 Å². The van der Waals surface area contributed by atoms with Crippen molar-refractivity contribution in [1.82, 2.24) is 4.98 Å². The van der Waals surface area contributed by atoms with Gasteiger partial charge in [0, 0.05) is 21.9 Å². The molecule has 194 valence electrons. The topological polar surface area (TPSA) is 97.0 Å². The van der Waals surface area contributed by atoms with Gasteiger partial charge in [0.2, 0.25) is 0 Å². The molecule has 2 aromatic heterocycles. The van der Waals surface area contributed by atoms with Crippen molar-refractivity contribution in [3.8, 4) is 17.0 Å². The number of fused-ring (bicyclic) bond motifs is 1. The van der Waals surface area contributed by atoms with Crippen molar-refractivity contribution in [3.05, 3.63) is 70.2 Å². The Bertz CT molecular complexity index is 1420. The summed E-state index contributed by atoms with van der Waals surface area (Å²) in [6.45, 7) is 9.93. The number of hydrogen-bond acceptors (Lipinski definition) is 8. The third-order valence-electron chi connectivity index (χ3n) is 5.45. The molecule has 0 saturated heterocycles. The molecule has 37 heavy (non-hydrogen) atoms. The smallest absolute Gasteiger partial charge is 0.310 e. The minimum atomic E-state index is -1.36. The van der Waals surface area contributed by atoms with Crippen molar-refractivity contribution in [3.63, 3.8) is 0 Å². The maximum absolute atomic E-state index is 12.5. The van der Waals surface area contributed by atoms with Crippen LogP contribution in [-0.4, -0.2) is 32.6 Å². The molecule has 0 fully saturated rings. The molecule has 9 heteroatoms. The molecule has 7 nitrogen and oxygen atoms in total. The van der Waals surface area contributed by atoms with Crippen LogP contribution in [0, 0.1) is 0 Å². The number of para-hydroxylation sites is 1. The fraction of sp³-hybridized carbons (Fsp3) is 0.321. The third kappa shape index (κ3) is 6.60. The van der Waals surface area contributed by atoms with Gasteiger partial charge in [0.15, 0.2) is 0 Å². The molecular formula is C28H30N2O5S2. The van der Waals surface area contributed by atoms with Gasteiger partial charge in [0.1, 0.15) is 44.8 Å². The van der Waals surface area contributed by atoms with Gasteiger partial charge in [-0.3, -0.25) is 4.79 Å². The summed E-state index contributed by atoms with van der Waals surface area (Å²) in [4.78, 5) is 16.8. The standard InChI is InChI=1S/C28H30N2O5S2/c1-6-33-25(31)15-20-9-7-8-10-24(20)35-16-19-13-21-11-12-34-26(21)22(14-19)23-17-36-27(29-23)18(2)30-37(32)28(3,4)5/h7-14,17H,6,15-16H2,1-5H3. The predicted octanol–water partition coefficient (Wildman–Crippen LogP) is 6.51. The van der Waals surface area contributed by atoms with Crippen molar-refractivity contribution >= 4 is 45.3 Å². The van der Waals surface area contributed by atoms with Gasteiger partial charge in [0.25, 0.3) is 0 Å². The summed E-state index contributed by atoms with van der Waals surface area (Å²) in [6.07, 6.45) is 1.80. The molecule has 2 aromatic carbocycles. The highest BCUT2D eigenvalue weighted by molar-refractivity contribution is 7.91. The zero-order valence-electron chi connectivity index (χ0n) is 21.6. The van der Waals surface area contributed by atoms with E-state index in [-0.39, 0.29) is 12.4 Å². The number of hydrogen-bond donors (Lipinski definition) is 0. The van der Waals surface area contributed by atoms with E-state index in [1.807, 2.05) is 75.5 Å². The van der Waals surface area contributed by atoms with Crippen LogP contribution in [0.4, 0.5) is 0 Å². The number of esters is 1. The molecule has 0 aliphatic carbocycles. The maximum atomic E-state index is 12.5. The van der Waals surface area contributed by atoms with Gasteiger partial charge in [-0.05, 0) is 64.4 Å². The zero-order chi connectivity index (χ0) is 26.6. The van der Waals surface area contributed by atoms with E-state index < -0.39 is 16.1 Å². The van der Waals surface area contributed by atoms with E-state index >= 15 is 0 Å². The number of nitrogens with zero attached hydrogens (tertiary/aromatic N) is 2. The lowest BCUT2D eigenvalue weighted by Crippen LogP contribution is -2.26. The van der Waals surface area contributed by atoms with E-state index in [0.717, 1.165) is 33.4 Å². The monoisotopic (exact) mass is 538 g/mol. The van der Waals surface area contributed by atoms with Crippen LogP contribution in [0.25, 0.3) is 22.2 Å². The summed E-state index contributed by atoms with van der Waals surface area (Å²) in [7, 11) is 0. The van der Waals surface area contributed by atoms with E-state index in [4.69, 9.17) is 18.9 Å². The summed E-state index contributed by atoms with van der Waals surface area (Å²) in [5.74, 6) is 0.351. The number of carbonyl (C=O) groups is 1. The lowest BCUT2D eigenvalue weighted by Gasteiger charge is -2.18. The van der Waals surface area contributed by atoms with E-state index in [9.17, 15) is 9.35 Å². The normalized spacial score (nSPS) is 13.1. The summed E-state index contributed by atoms with van der Waals surface area (Å²) < 4.78 is 33.4. The number of aromatic nitrogens is 1. The van der Waals surface area contributed by atoms with Gasteiger partial charge in [0.05, 0.1) is 25.0 Å². The van der Waals surface area contributed by atoms with Crippen LogP contribution in [0.3, 0.4) is 0 Å². The van der Waals surface area contributed by atoms with Crippen molar-refractivity contribution in [1.29, 1.82) is 0 Å². The Kier molecular flexibility index (Phi) is 8.36. The third-order valence-corrected chi connectivity index (χ3v) is 7.89. The van der Waals surface area contributed by atoms with Crippen molar-refractivity contribution in [2.24, 2.45) is 4.40 Å². The minimum Gasteiger partial charge on any atom is -0.591 e. The van der Waals surface area contributed by atoms with Crippen LogP contribution in [0.2, 0.25) is 0 Å². The molecule has 4 rings (SSSR count). The lowest BCUT2D eigenvalue weighted by molar-refractivity contribution is -0.142. The quantitative estimate of drug-likeness (QED) is 0.137. The fourth-order valence-electron chi connectivity index (χ4n) is 3.60. The van der Waals surface area contributed by atoms with Crippen molar-refractivity contribution in [2.75, 3.05) is 6.61 Å². The zero-order valence-corrected chi connectivity index (χ0v) is 23.2. The van der Waals surface area contributed by atoms with E-state index in [2.05, 4.69) is 4.40 Å². The molecule has 0 amide bonds. The highest BCUT2D eigenvalue weighted by Gasteiger charge is 2.27. The molecule has 1 atom stereocenters. The molecular weight excluding hydrogens is 508 g/mol. The molecule has 0 bridgehead atoms. The average Bonchev–Trinajstić information content (AvgIpc) is 3.52. The predicted molar refractivity (Wildman–Crippen MR) is 149 cm³/mol. The highest BCUT2D eigenvalue weighted by atomic mass is 32.2.